The number of amides is 2. The highest BCUT2D eigenvalue weighted by molar-refractivity contribution is 5.97. The fourth-order valence-electron chi connectivity index (χ4n) is 5.00. The van der Waals surface area contributed by atoms with Gasteiger partial charge in [0.05, 0.1) is 6.42 Å². The molecule has 0 radical (unpaired) electrons. The average Bonchev–Trinajstić information content (AvgIpc) is 3.40. The first-order chi connectivity index (χ1) is 19.8. The highest BCUT2D eigenvalue weighted by Crippen LogP contribution is 2.30. The predicted molar refractivity (Wildman–Crippen MR) is 145 cm³/mol. The van der Waals surface area contributed by atoms with Crippen LogP contribution >= 0.6 is 0 Å². The number of likely N-dealkylation sites (tertiary alicyclic amines) is 1. The van der Waals surface area contributed by atoms with Crippen LogP contribution in [0.15, 0.2) is 91.0 Å². The number of rotatable bonds is 8. The van der Waals surface area contributed by atoms with Gasteiger partial charge in [0.1, 0.15) is 29.2 Å². The van der Waals surface area contributed by atoms with Crippen molar-refractivity contribution in [3.05, 3.63) is 125 Å². The number of hydrogen-bond acceptors (Lipinski definition) is 3. The van der Waals surface area contributed by atoms with Crippen molar-refractivity contribution in [3.8, 4) is 11.5 Å². The van der Waals surface area contributed by atoms with E-state index < -0.39 is 47.3 Å². The van der Waals surface area contributed by atoms with Gasteiger partial charge >= 0.3 is 0 Å². The summed E-state index contributed by atoms with van der Waals surface area (Å²) in [6.45, 7) is 0.203. The SMILES string of the molecule is O=C(Nc1ccc(Oc2ccc(F)cc2)cc1)[C@H]1C[C@@H](Cc2ccccc2)CN1C(=O)Cc1c(F)ccc(F)c1F. The van der Waals surface area contributed by atoms with E-state index >= 15 is 0 Å². The van der Waals surface area contributed by atoms with E-state index in [4.69, 9.17) is 4.74 Å². The molecule has 5 rings (SSSR count). The Kier molecular flexibility index (Phi) is 8.33. The quantitative estimate of drug-likeness (QED) is 0.193. The third-order valence-electron chi connectivity index (χ3n) is 7.02. The maximum absolute atomic E-state index is 14.3. The first-order valence-corrected chi connectivity index (χ1v) is 13.1. The molecule has 2 amide bonds. The van der Waals surface area contributed by atoms with Crippen LogP contribution in [0.25, 0.3) is 0 Å². The van der Waals surface area contributed by atoms with Crippen molar-refractivity contribution in [1.29, 1.82) is 0 Å². The molecular formula is C32H26F4N2O3. The zero-order valence-electron chi connectivity index (χ0n) is 21.8. The van der Waals surface area contributed by atoms with Gasteiger partial charge in [-0.3, -0.25) is 9.59 Å². The molecule has 1 N–H and O–H groups in total. The summed E-state index contributed by atoms with van der Waals surface area (Å²) in [4.78, 5) is 28.0. The molecule has 41 heavy (non-hydrogen) atoms. The molecule has 2 atom stereocenters. The highest BCUT2D eigenvalue weighted by atomic mass is 19.2. The van der Waals surface area contributed by atoms with Crippen molar-refractivity contribution >= 4 is 17.5 Å². The molecule has 0 aliphatic carbocycles. The Hall–Kier alpha value is -4.66. The van der Waals surface area contributed by atoms with Crippen molar-refractivity contribution in [1.82, 2.24) is 4.90 Å². The second-order valence-electron chi connectivity index (χ2n) is 9.92. The second kappa shape index (κ2) is 12.2. The summed E-state index contributed by atoms with van der Waals surface area (Å²) in [7, 11) is 0. The number of nitrogens with zero attached hydrogens (tertiary/aromatic N) is 1. The van der Waals surface area contributed by atoms with Gasteiger partial charge in [-0.2, -0.15) is 0 Å². The molecule has 210 valence electrons. The van der Waals surface area contributed by atoms with Crippen LogP contribution in [0.5, 0.6) is 11.5 Å². The van der Waals surface area contributed by atoms with Crippen molar-refractivity contribution < 1.29 is 31.9 Å². The summed E-state index contributed by atoms with van der Waals surface area (Å²) in [5.74, 6) is -4.37. The Morgan fingerprint density at radius 3 is 2.12 bits per heavy atom. The zero-order valence-corrected chi connectivity index (χ0v) is 21.8. The molecule has 1 heterocycles. The molecule has 9 heteroatoms. The number of benzene rings is 4. The van der Waals surface area contributed by atoms with E-state index in [1.165, 1.54) is 29.2 Å². The van der Waals surface area contributed by atoms with Gasteiger partial charge in [0.15, 0.2) is 11.6 Å². The minimum absolute atomic E-state index is 0.0780. The molecule has 1 saturated heterocycles. The lowest BCUT2D eigenvalue weighted by Gasteiger charge is -2.24. The van der Waals surface area contributed by atoms with Gasteiger partial charge in [0.25, 0.3) is 0 Å². The van der Waals surface area contributed by atoms with Crippen LogP contribution < -0.4 is 10.1 Å². The summed E-state index contributed by atoms with van der Waals surface area (Å²) >= 11 is 0. The van der Waals surface area contributed by atoms with E-state index in [9.17, 15) is 27.2 Å². The number of ether oxygens (including phenoxy) is 1. The Morgan fingerprint density at radius 1 is 0.805 bits per heavy atom. The van der Waals surface area contributed by atoms with Gasteiger partial charge in [0.2, 0.25) is 11.8 Å². The molecule has 0 saturated carbocycles. The fourth-order valence-corrected chi connectivity index (χ4v) is 5.00. The van der Waals surface area contributed by atoms with E-state index in [1.807, 2.05) is 30.3 Å². The van der Waals surface area contributed by atoms with Crippen molar-refractivity contribution in [2.75, 3.05) is 11.9 Å². The minimum Gasteiger partial charge on any atom is -0.457 e. The first-order valence-electron chi connectivity index (χ1n) is 13.1. The van der Waals surface area contributed by atoms with E-state index in [1.54, 1.807) is 24.3 Å². The van der Waals surface area contributed by atoms with E-state index in [0.717, 1.165) is 11.6 Å². The van der Waals surface area contributed by atoms with Crippen LogP contribution in [-0.4, -0.2) is 29.3 Å². The Bertz CT molecular complexity index is 1530. The molecule has 5 nitrogen and oxygen atoms in total. The molecule has 4 aromatic rings. The summed E-state index contributed by atoms with van der Waals surface area (Å²) in [5.41, 5.74) is 0.810. The number of carbonyl (C=O) groups excluding carboxylic acids is 2. The van der Waals surface area contributed by atoms with Crippen molar-refractivity contribution in [2.24, 2.45) is 5.92 Å². The molecule has 1 fully saturated rings. The van der Waals surface area contributed by atoms with Crippen molar-refractivity contribution in [3.63, 3.8) is 0 Å². The monoisotopic (exact) mass is 562 g/mol. The molecule has 0 spiro atoms. The summed E-state index contributed by atoms with van der Waals surface area (Å²) in [6.07, 6.45) is 0.228. The predicted octanol–water partition coefficient (Wildman–Crippen LogP) is 6.68. The lowest BCUT2D eigenvalue weighted by molar-refractivity contribution is -0.136. The lowest BCUT2D eigenvalue weighted by Crippen LogP contribution is -2.44. The number of carbonyl (C=O) groups is 2. The van der Waals surface area contributed by atoms with Gasteiger partial charge < -0.3 is 15.0 Å². The maximum atomic E-state index is 14.3. The Balaban J connectivity index is 1.31. The van der Waals surface area contributed by atoms with Gasteiger partial charge in [-0.1, -0.05) is 30.3 Å². The van der Waals surface area contributed by atoms with Gasteiger partial charge in [-0.15, -0.1) is 0 Å². The van der Waals surface area contributed by atoms with Crippen LogP contribution in [0.1, 0.15) is 17.5 Å². The summed E-state index contributed by atoms with van der Waals surface area (Å²) < 4.78 is 61.2. The average molecular weight is 563 g/mol. The minimum atomic E-state index is -1.41. The summed E-state index contributed by atoms with van der Waals surface area (Å²) in [5, 5.41) is 2.80. The molecule has 0 aromatic heterocycles. The molecular weight excluding hydrogens is 536 g/mol. The standard InChI is InChI=1S/C32H26F4N2O3/c33-22-6-10-24(11-7-22)41-25-12-8-23(9-13-25)37-32(40)29-17-21(16-20-4-2-1-3-5-20)19-38(29)30(39)18-26-27(34)14-15-28(35)31(26)36/h1-15,21,29H,16-19H2,(H,37,40)/t21-,29-/m1/s1. The molecule has 0 unspecified atom stereocenters. The molecule has 1 aliphatic rings. The Morgan fingerprint density at radius 2 is 1.44 bits per heavy atom. The number of hydrogen-bond donors (Lipinski definition) is 1. The van der Waals surface area contributed by atoms with Crippen LogP contribution in [0.2, 0.25) is 0 Å². The van der Waals surface area contributed by atoms with Crippen LogP contribution in [0.4, 0.5) is 23.2 Å². The molecule has 1 aliphatic heterocycles. The first kappa shape index (κ1) is 27.9. The highest BCUT2D eigenvalue weighted by Gasteiger charge is 2.40. The fraction of sp³-hybridized carbons (Fsp3) is 0.188. The largest absolute Gasteiger partial charge is 0.457 e. The van der Waals surface area contributed by atoms with Crippen LogP contribution in [-0.2, 0) is 22.4 Å². The van der Waals surface area contributed by atoms with Crippen molar-refractivity contribution in [2.45, 2.75) is 25.3 Å². The normalized spacial score (nSPS) is 16.4. The van der Waals surface area contributed by atoms with Gasteiger partial charge in [-0.25, -0.2) is 17.6 Å². The van der Waals surface area contributed by atoms with E-state index in [0.29, 0.717) is 36.1 Å². The smallest absolute Gasteiger partial charge is 0.247 e. The van der Waals surface area contributed by atoms with E-state index in [-0.39, 0.29) is 18.3 Å². The summed E-state index contributed by atoms with van der Waals surface area (Å²) in [6, 6.07) is 22.2. The van der Waals surface area contributed by atoms with E-state index in [2.05, 4.69) is 5.32 Å². The van der Waals surface area contributed by atoms with Crippen LogP contribution in [0, 0.1) is 29.2 Å². The maximum Gasteiger partial charge on any atom is 0.247 e. The molecule has 4 aromatic carbocycles. The molecule has 0 bridgehead atoms. The third-order valence-corrected chi connectivity index (χ3v) is 7.02. The number of halogens is 4. The third kappa shape index (κ3) is 6.74. The second-order valence-corrected chi connectivity index (χ2v) is 9.92. The van der Waals surface area contributed by atoms with Gasteiger partial charge in [0, 0.05) is 17.8 Å². The van der Waals surface area contributed by atoms with Crippen LogP contribution in [0.3, 0.4) is 0 Å². The number of anilines is 1. The topological polar surface area (TPSA) is 58.6 Å². The Labute approximate surface area is 234 Å². The van der Waals surface area contributed by atoms with Gasteiger partial charge in [-0.05, 0) is 85.0 Å². The zero-order chi connectivity index (χ0) is 28.9. The lowest BCUT2D eigenvalue weighted by atomic mass is 9.96. The number of nitrogens with one attached hydrogen (secondary N) is 1.